The average Bonchev–Trinajstić information content (AvgIpc) is 2.74. The Bertz CT molecular complexity index is 1350. The first-order chi connectivity index (χ1) is 14.4. The molecule has 1 heterocycles. The number of fused-ring (bicyclic) bond motifs is 1. The summed E-state index contributed by atoms with van der Waals surface area (Å²) in [5, 5.41) is 8.75. The minimum Gasteiger partial charge on any atom is -0.497 e. The fourth-order valence-electron chi connectivity index (χ4n) is 3.18. The highest BCUT2D eigenvalue weighted by molar-refractivity contribution is 7.89. The Labute approximate surface area is 174 Å². The van der Waals surface area contributed by atoms with Gasteiger partial charge in [-0.15, -0.1) is 0 Å². The van der Waals surface area contributed by atoms with Gasteiger partial charge in [-0.05, 0) is 36.8 Å². The van der Waals surface area contributed by atoms with Crippen LogP contribution in [0.25, 0.3) is 22.3 Å². The standard InChI is InChI=1S/C22H20N4O3S/c1-14-11-12-15(29-2)13-19(14)26-22-21(24-17-8-4-5-9-18(17)25-22)16-7-3-6-10-20(16)30(23,27)28/h3-13H,1-2H3,(H,25,26)(H2,23,27,28). The number of primary sulfonamides is 1. The van der Waals surface area contributed by atoms with E-state index in [-0.39, 0.29) is 4.90 Å². The van der Waals surface area contributed by atoms with Crippen molar-refractivity contribution in [3.05, 3.63) is 72.3 Å². The molecule has 4 rings (SSSR count). The molecule has 7 nitrogen and oxygen atoms in total. The van der Waals surface area contributed by atoms with Gasteiger partial charge in [-0.1, -0.05) is 36.4 Å². The summed E-state index contributed by atoms with van der Waals surface area (Å²) in [5.41, 5.74) is 3.83. The van der Waals surface area contributed by atoms with Crippen molar-refractivity contribution in [3.8, 4) is 17.0 Å². The van der Waals surface area contributed by atoms with Crippen LogP contribution in [-0.2, 0) is 10.0 Å². The second-order valence-corrected chi connectivity index (χ2v) is 8.29. The van der Waals surface area contributed by atoms with Crippen molar-refractivity contribution in [2.45, 2.75) is 11.8 Å². The summed E-state index contributed by atoms with van der Waals surface area (Å²) in [4.78, 5) is 9.41. The van der Waals surface area contributed by atoms with Crippen LogP contribution in [0.3, 0.4) is 0 Å². The number of rotatable bonds is 5. The summed E-state index contributed by atoms with van der Waals surface area (Å²) in [7, 11) is -2.36. The first-order valence-electron chi connectivity index (χ1n) is 9.17. The number of nitrogens with one attached hydrogen (secondary N) is 1. The molecular formula is C22H20N4O3S. The normalized spacial score (nSPS) is 11.4. The molecule has 3 aromatic carbocycles. The van der Waals surface area contributed by atoms with Crippen molar-refractivity contribution in [3.63, 3.8) is 0 Å². The molecule has 0 saturated carbocycles. The molecule has 152 valence electrons. The maximum Gasteiger partial charge on any atom is 0.238 e. The number of sulfonamides is 1. The summed E-state index contributed by atoms with van der Waals surface area (Å²) >= 11 is 0. The Morgan fingerprint density at radius 3 is 2.30 bits per heavy atom. The Balaban J connectivity index is 1.97. The minimum atomic E-state index is -3.96. The van der Waals surface area contributed by atoms with Gasteiger partial charge in [0, 0.05) is 17.3 Å². The van der Waals surface area contributed by atoms with E-state index in [1.54, 1.807) is 25.3 Å². The molecule has 0 spiro atoms. The number of para-hydroxylation sites is 2. The Hall–Kier alpha value is -3.49. The highest BCUT2D eigenvalue weighted by Crippen LogP contribution is 2.34. The highest BCUT2D eigenvalue weighted by atomic mass is 32.2. The fourth-order valence-corrected chi connectivity index (χ4v) is 3.92. The predicted octanol–water partition coefficient (Wildman–Crippen LogP) is 4.00. The molecule has 0 saturated heterocycles. The van der Waals surface area contributed by atoms with E-state index < -0.39 is 10.0 Å². The van der Waals surface area contributed by atoms with Crippen LogP contribution in [0.1, 0.15) is 5.56 Å². The summed E-state index contributed by atoms with van der Waals surface area (Å²) < 4.78 is 29.7. The lowest BCUT2D eigenvalue weighted by Gasteiger charge is -2.16. The lowest BCUT2D eigenvalue weighted by Crippen LogP contribution is -2.14. The smallest absolute Gasteiger partial charge is 0.238 e. The van der Waals surface area contributed by atoms with Crippen LogP contribution in [0.4, 0.5) is 11.5 Å². The molecule has 0 bridgehead atoms. The van der Waals surface area contributed by atoms with Gasteiger partial charge >= 0.3 is 0 Å². The Morgan fingerprint density at radius 1 is 0.933 bits per heavy atom. The van der Waals surface area contributed by atoms with Crippen LogP contribution in [-0.4, -0.2) is 25.5 Å². The van der Waals surface area contributed by atoms with E-state index in [0.29, 0.717) is 33.9 Å². The molecule has 0 aliphatic carbocycles. The molecule has 4 aromatic rings. The van der Waals surface area contributed by atoms with Gasteiger partial charge in [0.15, 0.2) is 5.82 Å². The van der Waals surface area contributed by atoms with Crippen molar-refractivity contribution in [2.24, 2.45) is 5.14 Å². The van der Waals surface area contributed by atoms with Gasteiger partial charge < -0.3 is 10.1 Å². The number of anilines is 2. The number of hydrogen-bond acceptors (Lipinski definition) is 6. The van der Waals surface area contributed by atoms with E-state index >= 15 is 0 Å². The zero-order chi connectivity index (χ0) is 21.3. The number of aryl methyl sites for hydroxylation is 1. The summed E-state index contributed by atoms with van der Waals surface area (Å²) in [6, 6.07) is 19.5. The largest absolute Gasteiger partial charge is 0.497 e. The van der Waals surface area contributed by atoms with Crippen LogP contribution in [0.2, 0.25) is 0 Å². The average molecular weight is 420 g/mol. The Morgan fingerprint density at radius 2 is 1.60 bits per heavy atom. The van der Waals surface area contributed by atoms with Crippen LogP contribution >= 0.6 is 0 Å². The minimum absolute atomic E-state index is 0.0139. The van der Waals surface area contributed by atoms with Crippen molar-refractivity contribution in [1.29, 1.82) is 0 Å². The molecule has 0 radical (unpaired) electrons. The molecule has 0 fully saturated rings. The first kappa shape index (κ1) is 19.8. The van der Waals surface area contributed by atoms with Gasteiger partial charge in [-0.25, -0.2) is 23.5 Å². The van der Waals surface area contributed by atoms with Crippen LogP contribution in [0.15, 0.2) is 71.6 Å². The van der Waals surface area contributed by atoms with E-state index in [4.69, 9.17) is 19.8 Å². The fraction of sp³-hybridized carbons (Fsp3) is 0.0909. The van der Waals surface area contributed by atoms with E-state index in [1.807, 2.05) is 49.4 Å². The lowest BCUT2D eigenvalue weighted by molar-refractivity contribution is 0.415. The van der Waals surface area contributed by atoms with E-state index in [2.05, 4.69) is 5.32 Å². The Kier molecular flexibility index (Phi) is 5.11. The number of methoxy groups -OCH3 is 1. The quantitative estimate of drug-likeness (QED) is 0.505. The van der Waals surface area contributed by atoms with Crippen molar-refractivity contribution in [1.82, 2.24) is 9.97 Å². The molecule has 0 atom stereocenters. The maximum atomic E-state index is 12.2. The van der Waals surface area contributed by atoms with Gasteiger partial charge in [-0.3, -0.25) is 0 Å². The van der Waals surface area contributed by atoms with Gasteiger partial charge in [0.05, 0.1) is 23.0 Å². The number of aromatic nitrogens is 2. The molecule has 0 aliphatic rings. The zero-order valence-electron chi connectivity index (χ0n) is 16.5. The van der Waals surface area contributed by atoms with Crippen molar-refractivity contribution in [2.75, 3.05) is 12.4 Å². The lowest BCUT2D eigenvalue weighted by atomic mass is 10.1. The molecule has 3 N–H and O–H groups in total. The van der Waals surface area contributed by atoms with Gasteiger partial charge in [-0.2, -0.15) is 0 Å². The maximum absolute atomic E-state index is 12.2. The van der Waals surface area contributed by atoms with E-state index in [1.165, 1.54) is 6.07 Å². The topological polar surface area (TPSA) is 107 Å². The van der Waals surface area contributed by atoms with Gasteiger partial charge in [0.2, 0.25) is 10.0 Å². The molecule has 8 heteroatoms. The molecule has 1 aromatic heterocycles. The van der Waals surface area contributed by atoms with Crippen molar-refractivity contribution < 1.29 is 13.2 Å². The second-order valence-electron chi connectivity index (χ2n) is 6.76. The summed E-state index contributed by atoms with van der Waals surface area (Å²) in [6.45, 7) is 1.95. The van der Waals surface area contributed by atoms with Crippen LogP contribution < -0.4 is 15.2 Å². The van der Waals surface area contributed by atoms with Crippen LogP contribution in [0.5, 0.6) is 5.75 Å². The second kappa shape index (κ2) is 7.74. The SMILES string of the molecule is COc1ccc(C)c(Nc2nc3ccccc3nc2-c2ccccc2S(N)(=O)=O)c1. The third-order valence-electron chi connectivity index (χ3n) is 4.72. The molecule has 30 heavy (non-hydrogen) atoms. The third-order valence-corrected chi connectivity index (χ3v) is 5.69. The number of nitrogens with zero attached hydrogens (tertiary/aromatic N) is 2. The first-order valence-corrected chi connectivity index (χ1v) is 10.7. The molecule has 0 amide bonds. The molecule has 0 aliphatic heterocycles. The number of ether oxygens (including phenoxy) is 1. The zero-order valence-corrected chi connectivity index (χ0v) is 17.3. The summed E-state index contributed by atoms with van der Waals surface area (Å²) in [6.07, 6.45) is 0. The van der Waals surface area contributed by atoms with E-state index in [0.717, 1.165) is 11.3 Å². The molecular weight excluding hydrogens is 400 g/mol. The number of nitrogens with two attached hydrogens (primary N) is 1. The molecule has 0 unspecified atom stereocenters. The monoisotopic (exact) mass is 420 g/mol. The highest BCUT2D eigenvalue weighted by Gasteiger charge is 2.20. The predicted molar refractivity (Wildman–Crippen MR) is 117 cm³/mol. The van der Waals surface area contributed by atoms with Gasteiger partial charge in [0.1, 0.15) is 11.4 Å². The van der Waals surface area contributed by atoms with Crippen molar-refractivity contribution >= 4 is 32.6 Å². The van der Waals surface area contributed by atoms with E-state index in [9.17, 15) is 8.42 Å². The van der Waals surface area contributed by atoms with Crippen LogP contribution in [0, 0.1) is 6.92 Å². The summed E-state index contributed by atoms with van der Waals surface area (Å²) in [5.74, 6) is 1.10. The third kappa shape index (κ3) is 3.83. The number of benzene rings is 3. The van der Waals surface area contributed by atoms with Gasteiger partial charge in [0.25, 0.3) is 0 Å². The number of hydrogen-bond donors (Lipinski definition) is 2.